The molecule has 0 aliphatic carbocycles. The average molecular weight is 264 g/mol. The molecule has 1 atom stereocenters. The summed E-state index contributed by atoms with van der Waals surface area (Å²) in [4.78, 5) is 12.4. The Morgan fingerprint density at radius 2 is 2.16 bits per heavy atom. The van der Waals surface area contributed by atoms with Crippen LogP contribution in [0.3, 0.4) is 0 Å². The molecule has 0 aliphatic heterocycles. The van der Waals surface area contributed by atoms with E-state index in [-0.39, 0.29) is 12.1 Å². The number of hydrogen-bond acceptors (Lipinski definition) is 8. The molecular formula is C10H16N8O. The van der Waals surface area contributed by atoms with Gasteiger partial charge < -0.3 is 10.4 Å². The zero-order chi connectivity index (χ0) is 13.7. The number of nitrogens with one attached hydrogen (secondary N) is 2. The van der Waals surface area contributed by atoms with Crippen molar-refractivity contribution in [1.82, 2.24) is 24.7 Å². The predicted octanol–water partition coefficient (Wildman–Crippen LogP) is -0.474. The number of nitrogens with zero attached hydrogens (tertiary/aromatic N) is 5. The number of nitrogens with two attached hydrogens (primary N) is 1. The first-order valence-electron chi connectivity index (χ1n) is 5.83. The van der Waals surface area contributed by atoms with Crippen LogP contribution in [-0.4, -0.2) is 42.5 Å². The minimum Gasteiger partial charge on any atom is -0.393 e. The monoisotopic (exact) mass is 264 g/mol. The van der Waals surface area contributed by atoms with Gasteiger partial charge in [-0.1, -0.05) is 0 Å². The van der Waals surface area contributed by atoms with Crippen molar-refractivity contribution in [2.75, 3.05) is 17.3 Å². The van der Waals surface area contributed by atoms with Crippen LogP contribution in [0.25, 0.3) is 5.95 Å². The van der Waals surface area contributed by atoms with E-state index in [9.17, 15) is 5.11 Å². The lowest BCUT2D eigenvalue weighted by molar-refractivity contribution is 0.188. The molecule has 0 bridgehead atoms. The van der Waals surface area contributed by atoms with Gasteiger partial charge >= 0.3 is 0 Å². The maximum atomic E-state index is 9.20. The third kappa shape index (κ3) is 3.60. The summed E-state index contributed by atoms with van der Waals surface area (Å²) in [6.45, 7) is 2.27. The zero-order valence-corrected chi connectivity index (χ0v) is 10.5. The number of hydrogen-bond donors (Lipinski definition) is 4. The number of nitrogen functional groups attached to an aromatic ring is 1. The van der Waals surface area contributed by atoms with Crippen molar-refractivity contribution in [2.24, 2.45) is 5.84 Å². The molecule has 9 heteroatoms. The van der Waals surface area contributed by atoms with E-state index in [1.165, 1.54) is 4.68 Å². The summed E-state index contributed by atoms with van der Waals surface area (Å²) >= 11 is 0. The van der Waals surface area contributed by atoms with E-state index in [4.69, 9.17) is 5.84 Å². The summed E-state index contributed by atoms with van der Waals surface area (Å²) in [5.74, 6) is 6.28. The molecule has 1 unspecified atom stereocenters. The SMILES string of the molecule is CC(O)CCNc1nc(NN)nc(-n2cccn2)n1. The van der Waals surface area contributed by atoms with E-state index in [0.717, 1.165) is 0 Å². The van der Waals surface area contributed by atoms with Crippen LogP contribution in [0.15, 0.2) is 18.5 Å². The van der Waals surface area contributed by atoms with Crippen LogP contribution in [0.4, 0.5) is 11.9 Å². The molecule has 5 N–H and O–H groups in total. The minimum atomic E-state index is -0.382. The molecule has 19 heavy (non-hydrogen) atoms. The highest BCUT2D eigenvalue weighted by Crippen LogP contribution is 2.08. The van der Waals surface area contributed by atoms with Crippen molar-refractivity contribution in [3.63, 3.8) is 0 Å². The van der Waals surface area contributed by atoms with Gasteiger partial charge in [-0.2, -0.15) is 20.1 Å². The number of aliphatic hydroxyl groups excluding tert-OH is 1. The van der Waals surface area contributed by atoms with Gasteiger partial charge in [0.2, 0.25) is 11.9 Å². The summed E-state index contributed by atoms with van der Waals surface area (Å²) in [7, 11) is 0. The fourth-order valence-corrected chi connectivity index (χ4v) is 1.39. The van der Waals surface area contributed by atoms with Gasteiger partial charge in [0.15, 0.2) is 0 Å². The third-order valence-electron chi connectivity index (χ3n) is 2.31. The van der Waals surface area contributed by atoms with Gasteiger partial charge in [0.25, 0.3) is 5.95 Å². The molecule has 0 aliphatic rings. The van der Waals surface area contributed by atoms with E-state index in [1.54, 1.807) is 25.4 Å². The summed E-state index contributed by atoms with van der Waals surface area (Å²) < 4.78 is 1.50. The van der Waals surface area contributed by atoms with Crippen molar-refractivity contribution in [3.05, 3.63) is 18.5 Å². The molecule has 9 nitrogen and oxygen atoms in total. The second-order valence-corrected chi connectivity index (χ2v) is 3.94. The summed E-state index contributed by atoms with van der Waals surface area (Å²) in [6.07, 6.45) is 3.55. The van der Waals surface area contributed by atoms with E-state index in [2.05, 4.69) is 30.8 Å². The van der Waals surface area contributed by atoms with Crippen molar-refractivity contribution in [3.8, 4) is 5.95 Å². The van der Waals surface area contributed by atoms with Crippen LogP contribution in [0, 0.1) is 0 Å². The van der Waals surface area contributed by atoms with Crippen LogP contribution < -0.4 is 16.6 Å². The molecule has 0 amide bonds. The van der Waals surface area contributed by atoms with Crippen LogP contribution in [0.1, 0.15) is 13.3 Å². The lowest BCUT2D eigenvalue weighted by atomic mass is 10.3. The highest BCUT2D eigenvalue weighted by molar-refractivity contribution is 5.36. The van der Waals surface area contributed by atoms with E-state index in [0.29, 0.717) is 24.9 Å². The van der Waals surface area contributed by atoms with Crippen molar-refractivity contribution in [1.29, 1.82) is 0 Å². The maximum absolute atomic E-state index is 9.20. The Morgan fingerprint density at radius 3 is 2.79 bits per heavy atom. The van der Waals surface area contributed by atoms with Gasteiger partial charge in [-0.15, -0.1) is 0 Å². The number of aromatic nitrogens is 5. The fraction of sp³-hybridized carbons (Fsp3) is 0.400. The molecule has 0 spiro atoms. The Hall–Kier alpha value is -2.26. The number of hydrazine groups is 1. The lowest BCUT2D eigenvalue weighted by Crippen LogP contribution is -2.17. The molecule has 2 aromatic rings. The Morgan fingerprint density at radius 1 is 1.37 bits per heavy atom. The van der Waals surface area contributed by atoms with E-state index < -0.39 is 0 Å². The molecular weight excluding hydrogens is 248 g/mol. The van der Waals surface area contributed by atoms with Gasteiger partial charge in [-0.05, 0) is 19.4 Å². The molecule has 0 saturated heterocycles. The van der Waals surface area contributed by atoms with Crippen LogP contribution >= 0.6 is 0 Å². The molecule has 0 radical (unpaired) electrons. The van der Waals surface area contributed by atoms with Crippen LogP contribution in [-0.2, 0) is 0 Å². The van der Waals surface area contributed by atoms with Gasteiger partial charge in [-0.25, -0.2) is 10.5 Å². The summed E-state index contributed by atoms with van der Waals surface area (Å²) in [6, 6.07) is 1.76. The van der Waals surface area contributed by atoms with Gasteiger partial charge in [0, 0.05) is 18.9 Å². The van der Waals surface area contributed by atoms with Crippen molar-refractivity contribution >= 4 is 11.9 Å². The normalized spacial score (nSPS) is 12.2. The Balaban J connectivity index is 2.16. The first kappa shape index (κ1) is 13.2. The molecule has 2 rings (SSSR count). The molecule has 0 saturated carbocycles. The van der Waals surface area contributed by atoms with E-state index >= 15 is 0 Å². The Kier molecular flexibility index (Phi) is 4.21. The molecule has 2 heterocycles. The van der Waals surface area contributed by atoms with Gasteiger partial charge in [0.1, 0.15) is 0 Å². The maximum Gasteiger partial charge on any atom is 0.257 e. The standard InChI is InChI=1S/C10H16N8O/c1-7(19)3-5-12-8-14-9(17-11)16-10(15-8)18-6-2-4-13-18/h2,4,6-7,19H,3,5,11H2,1H3,(H2,12,14,15,16,17). The molecule has 2 aromatic heterocycles. The highest BCUT2D eigenvalue weighted by atomic mass is 16.3. The highest BCUT2D eigenvalue weighted by Gasteiger charge is 2.07. The fourth-order valence-electron chi connectivity index (χ4n) is 1.39. The number of anilines is 2. The topological polar surface area (TPSA) is 127 Å². The third-order valence-corrected chi connectivity index (χ3v) is 2.31. The van der Waals surface area contributed by atoms with Crippen molar-refractivity contribution in [2.45, 2.75) is 19.4 Å². The predicted molar refractivity (Wildman–Crippen MR) is 69.5 cm³/mol. The van der Waals surface area contributed by atoms with Gasteiger partial charge in [0.05, 0.1) is 6.10 Å². The molecule has 0 fully saturated rings. The lowest BCUT2D eigenvalue weighted by Gasteiger charge is -2.09. The summed E-state index contributed by atoms with van der Waals surface area (Å²) in [5.41, 5.74) is 2.38. The largest absolute Gasteiger partial charge is 0.393 e. The Bertz CT molecular complexity index is 512. The smallest absolute Gasteiger partial charge is 0.257 e. The quantitative estimate of drug-likeness (QED) is 0.407. The number of aliphatic hydroxyl groups is 1. The Labute approximate surface area is 109 Å². The second kappa shape index (κ2) is 6.07. The first-order chi connectivity index (χ1) is 9.19. The first-order valence-corrected chi connectivity index (χ1v) is 5.83. The van der Waals surface area contributed by atoms with Crippen LogP contribution in [0.2, 0.25) is 0 Å². The van der Waals surface area contributed by atoms with Crippen LogP contribution in [0.5, 0.6) is 0 Å². The summed E-state index contributed by atoms with van der Waals surface area (Å²) in [5, 5.41) is 16.2. The average Bonchev–Trinajstić information content (AvgIpc) is 2.92. The van der Waals surface area contributed by atoms with Crippen molar-refractivity contribution < 1.29 is 5.11 Å². The number of rotatable bonds is 6. The van der Waals surface area contributed by atoms with Gasteiger partial charge in [-0.3, -0.25) is 5.43 Å². The molecule has 102 valence electrons. The minimum absolute atomic E-state index is 0.236. The second-order valence-electron chi connectivity index (χ2n) is 3.94. The van der Waals surface area contributed by atoms with E-state index in [1.807, 2.05) is 0 Å². The zero-order valence-electron chi connectivity index (χ0n) is 10.5. The molecule has 0 aromatic carbocycles.